The smallest absolute Gasteiger partial charge is 0.262 e. The molecule has 0 radical (unpaired) electrons. The molecule has 0 spiro atoms. The minimum Gasteiger partial charge on any atom is -0.504 e. The van der Waals surface area contributed by atoms with Gasteiger partial charge in [0.05, 0.1) is 12.8 Å². The summed E-state index contributed by atoms with van der Waals surface area (Å²) in [5.74, 6) is -0.614. The van der Waals surface area contributed by atoms with E-state index in [4.69, 9.17) is 16.3 Å². The Morgan fingerprint density at radius 3 is 2.52 bits per heavy atom. The molecular weight excluding hydrogens is 394 g/mol. The van der Waals surface area contributed by atoms with Crippen LogP contribution in [-0.2, 0) is 4.79 Å². The Balaban J connectivity index is 2.02. The van der Waals surface area contributed by atoms with Gasteiger partial charge < -0.3 is 15.2 Å². The van der Waals surface area contributed by atoms with Crippen LogP contribution in [0.5, 0.6) is 11.5 Å². The van der Waals surface area contributed by atoms with Crippen LogP contribution in [0.3, 0.4) is 0 Å². The van der Waals surface area contributed by atoms with Gasteiger partial charge in [0.1, 0.15) is 6.04 Å². The highest BCUT2D eigenvalue weighted by Crippen LogP contribution is 2.26. The number of hydrazone groups is 1. The Morgan fingerprint density at radius 2 is 1.90 bits per heavy atom. The van der Waals surface area contributed by atoms with Crippen LogP contribution in [0.1, 0.15) is 36.7 Å². The van der Waals surface area contributed by atoms with E-state index in [1.807, 2.05) is 20.8 Å². The SMILES string of the molecule is CCOc1cc(/C=N/NC(=O)C(NC(=O)c2ccc(Cl)cc2)C(C)C)ccc1O. The number of hydrogen-bond acceptors (Lipinski definition) is 5. The maximum Gasteiger partial charge on any atom is 0.262 e. The van der Waals surface area contributed by atoms with Crippen molar-refractivity contribution in [3.63, 3.8) is 0 Å². The van der Waals surface area contributed by atoms with Crippen LogP contribution in [-0.4, -0.2) is 35.8 Å². The molecule has 0 aromatic heterocycles. The van der Waals surface area contributed by atoms with Crippen LogP contribution < -0.4 is 15.5 Å². The van der Waals surface area contributed by atoms with Gasteiger partial charge in [0.2, 0.25) is 0 Å². The highest BCUT2D eigenvalue weighted by molar-refractivity contribution is 6.30. The molecule has 0 saturated heterocycles. The van der Waals surface area contributed by atoms with Gasteiger partial charge in [-0.25, -0.2) is 5.43 Å². The van der Waals surface area contributed by atoms with Crippen LogP contribution in [0.15, 0.2) is 47.6 Å². The largest absolute Gasteiger partial charge is 0.504 e. The molecule has 0 fully saturated rings. The second-order valence-electron chi connectivity index (χ2n) is 6.60. The first-order valence-electron chi connectivity index (χ1n) is 9.17. The van der Waals surface area contributed by atoms with Gasteiger partial charge in [-0.2, -0.15) is 5.10 Å². The summed E-state index contributed by atoms with van der Waals surface area (Å²) in [6.45, 7) is 5.87. The fourth-order valence-corrected chi connectivity index (χ4v) is 2.61. The zero-order chi connectivity index (χ0) is 21.4. The maximum atomic E-state index is 12.5. The van der Waals surface area contributed by atoms with E-state index in [9.17, 15) is 14.7 Å². The predicted octanol–water partition coefficient (Wildman–Crippen LogP) is 3.35. The molecule has 2 rings (SSSR count). The van der Waals surface area contributed by atoms with Gasteiger partial charge in [0.15, 0.2) is 11.5 Å². The first-order valence-corrected chi connectivity index (χ1v) is 9.54. The summed E-state index contributed by atoms with van der Waals surface area (Å²) in [4.78, 5) is 24.9. The zero-order valence-corrected chi connectivity index (χ0v) is 17.2. The Bertz CT molecular complexity index is 882. The molecule has 8 heteroatoms. The van der Waals surface area contributed by atoms with Crippen LogP contribution in [0.2, 0.25) is 5.02 Å². The number of hydrogen-bond donors (Lipinski definition) is 3. The molecule has 1 unspecified atom stereocenters. The van der Waals surface area contributed by atoms with Gasteiger partial charge in [-0.1, -0.05) is 25.4 Å². The number of carbonyl (C=O) groups is 2. The van der Waals surface area contributed by atoms with E-state index in [0.29, 0.717) is 28.5 Å². The standard InChI is InChI=1S/C21H24ClN3O4/c1-4-29-18-11-14(5-10-17(18)26)12-23-25-21(28)19(13(2)3)24-20(27)15-6-8-16(22)9-7-15/h5-13,19,26H,4H2,1-3H3,(H,24,27)(H,25,28)/b23-12+. The van der Waals surface area contributed by atoms with Crippen molar-refractivity contribution < 1.29 is 19.4 Å². The number of amides is 2. The highest BCUT2D eigenvalue weighted by atomic mass is 35.5. The van der Waals surface area contributed by atoms with Gasteiger partial charge in [-0.3, -0.25) is 9.59 Å². The number of halogens is 1. The van der Waals surface area contributed by atoms with E-state index < -0.39 is 11.9 Å². The lowest BCUT2D eigenvalue weighted by Crippen LogP contribution is -2.48. The van der Waals surface area contributed by atoms with E-state index in [1.54, 1.807) is 36.4 Å². The van der Waals surface area contributed by atoms with Gasteiger partial charge >= 0.3 is 0 Å². The Labute approximate surface area is 174 Å². The normalized spacial score (nSPS) is 12.0. The maximum absolute atomic E-state index is 12.5. The number of nitrogens with zero attached hydrogens (tertiary/aromatic N) is 1. The van der Waals surface area contributed by atoms with E-state index in [-0.39, 0.29) is 17.6 Å². The molecule has 0 aliphatic rings. The molecule has 154 valence electrons. The summed E-state index contributed by atoms with van der Waals surface area (Å²) in [6, 6.07) is 10.4. The fraction of sp³-hybridized carbons (Fsp3) is 0.286. The molecule has 0 bridgehead atoms. The lowest BCUT2D eigenvalue weighted by molar-refractivity contribution is -0.123. The van der Waals surface area contributed by atoms with Gasteiger partial charge in [0.25, 0.3) is 11.8 Å². The van der Waals surface area contributed by atoms with Crippen molar-refractivity contribution >= 4 is 29.6 Å². The Morgan fingerprint density at radius 1 is 1.21 bits per heavy atom. The monoisotopic (exact) mass is 417 g/mol. The van der Waals surface area contributed by atoms with Crippen LogP contribution >= 0.6 is 11.6 Å². The molecule has 1 atom stereocenters. The van der Waals surface area contributed by atoms with E-state index >= 15 is 0 Å². The quantitative estimate of drug-likeness (QED) is 0.453. The van der Waals surface area contributed by atoms with Crippen LogP contribution in [0.4, 0.5) is 0 Å². The van der Waals surface area contributed by atoms with E-state index in [1.165, 1.54) is 12.3 Å². The molecule has 3 N–H and O–H groups in total. The number of phenols is 1. The Hall–Kier alpha value is -3.06. The molecule has 0 saturated carbocycles. The molecule has 2 amide bonds. The fourth-order valence-electron chi connectivity index (χ4n) is 2.48. The zero-order valence-electron chi connectivity index (χ0n) is 16.5. The van der Waals surface area contributed by atoms with Crippen molar-refractivity contribution in [2.45, 2.75) is 26.8 Å². The number of carbonyl (C=O) groups excluding carboxylic acids is 2. The number of benzene rings is 2. The number of phenolic OH excluding ortho intramolecular Hbond substituents is 1. The van der Waals surface area contributed by atoms with Crippen molar-refractivity contribution in [3.05, 3.63) is 58.6 Å². The molecule has 2 aromatic rings. The van der Waals surface area contributed by atoms with Crippen molar-refractivity contribution in [2.75, 3.05) is 6.61 Å². The summed E-state index contributed by atoms with van der Waals surface area (Å²) < 4.78 is 5.31. The third-order valence-corrected chi connectivity index (χ3v) is 4.27. The van der Waals surface area contributed by atoms with Crippen molar-refractivity contribution in [2.24, 2.45) is 11.0 Å². The third-order valence-electron chi connectivity index (χ3n) is 4.01. The molecule has 2 aromatic carbocycles. The molecule has 0 heterocycles. The van der Waals surface area contributed by atoms with Crippen molar-refractivity contribution in [1.82, 2.24) is 10.7 Å². The summed E-state index contributed by atoms with van der Waals surface area (Å²) in [7, 11) is 0. The lowest BCUT2D eigenvalue weighted by Gasteiger charge is -2.20. The second kappa shape index (κ2) is 10.5. The summed E-state index contributed by atoms with van der Waals surface area (Å²) in [6.07, 6.45) is 1.43. The first-order chi connectivity index (χ1) is 13.8. The number of rotatable bonds is 8. The van der Waals surface area contributed by atoms with Gasteiger partial charge in [-0.05, 0) is 60.9 Å². The first kappa shape index (κ1) is 22.2. The average molecular weight is 418 g/mol. The average Bonchev–Trinajstić information content (AvgIpc) is 2.68. The minimum absolute atomic E-state index is 0.0258. The second-order valence-corrected chi connectivity index (χ2v) is 7.03. The highest BCUT2D eigenvalue weighted by Gasteiger charge is 2.24. The van der Waals surface area contributed by atoms with Crippen LogP contribution in [0.25, 0.3) is 0 Å². The third kappa shape index (κ3) is 6.50. The van der Waals surface area contributed by atoms with Crippen molar-refractivity contribution in [3.8, 4) is 11.5 Å². The summed E-state index contributed by atoms with van der Waals surface area (Å²) in [5, 5.41) is 16.9. The summed E-state index contributed by atoms with van der Waals surface area (Å²) >= 11 is 5.83. The topological polar surface area (TPSA) is 100 Å². The Kier molecular flexibility index (Phi) is 8.03. The van der Waals surface area contributed by atoms with E-state index in [2.05, 4.69) is 15.8 Å². The van der Waals surface area contributed by atoms with Crippen LogP contribution in [0, 0.1) is 5.92 Å². The predicted molar refractivity (Wildman–Crippen MR) is 113 cm³/mol. The lowest BCUT2D eigenvalue weighted by atomic mass is 10.0. The van der Waals surface area contributed by atoms with E-state index in [0.717, 1.165) is 0 Å². The summed E-state index contributed by atoms with van der Waals surface area (Å²) in [5.41, 5.74) is 3.48. The molecular formula is C21H24ClN3O4. The van der Waals surface area contributed by atoms with Gasteiger partial charge in [-0.15, -0.1) is 0 Å². The van der Waals surface area contributed by atoms with Crippen molar-refractivity contribution in [1.29, 1.82) is 0 Å². The number of nitrogens with one attached hydrogen (secondary N) is 2. The molecule has 0 aliphatic heterocycles. The number of ether oxygens (including phenoxy) is 1. The minimum atomic E-state index is -0.769. The molecule has 7 nitrogen and oxygen atoms in total. The molecule has 29 heavy (non-hydrogen) atoms. The van der Waals surface area contributed by atoms with Gasteiger partial charge in [0, 0.05) is 10.6 Å². The molecule has 0 aliphatic carbocycles. The number of aromatic hydroxyl groups is 1.